The summed E-state index contributed by atoms with van der Waals surface area (Å²) in [6.07, 6.45) is 6.50. The predicted molar refractivity (Wildman–Crippen MR) is 94.1 cm³/mol. The van der Waals surface area contributed by atoms with Crippen LogP contribution in [0.25, 0.3) is 0 Å². The van der Waals surface area contributed by atoms with Crippen molar-refractivity contribution in [3.63, 3.8) is 0 Å². The van der Waals surface area contributed by atoms with E-state index in [4.69, 9.17) is 0 Å². The molecule has 2 saturated heterocycles. The summed E-state index contributed by atoms with van der Waals surface area (Å²) in [6, 6.07) is 11.1. The Morgan fingerprint density at radius 2 is 1.91 bits per heavy atom. The molecule has 3 nitrogen and oxygen atoms in total. The van der Waals surface area contributed by atoms with Gasteiger partial charge in [-0.05, 0) is 51.1 Å². The molecule has 2 fully saturated rings. The van der Waals surface area contributed by atoms with Crippen LogP contribution in [0.3, 0.4) is 0 Å². The van der Waals surface area contributed by atoms with E-state index in [1.165, 1.54) is 31.4 Å². The molecule has 2 heterocycles. The Hall–Kier alpha value is -1.35. The van der Waals surface area contributed by atoms with Crippen molar-refractivity contribution in [3.8, 4) is 0 Å². The fourth-order valence-electron chi connectivity index (χ4n) is 4.31. The largest absolute Gasteiger partial charge is 0.333 e. The number of amides is 1. The highest BCUT2D eigenvalue weighted by atomic mass is 16.2. The van der Waals surface area contributed by atoms with E-state index in [2.05, 4.69) is 47.9 Å². The minimum Gasteiger partial charge on any atom is -0.333 e. The lowest BCUT2D eigenvalue weighted by atomic mass is 9.87. The fourth-order valence-corrected chi connectivity index (χ4v) is 4.31. The van der Waals surface area contributed by atoms with Crippen molar-refractivity contribution in [1.82, 2.24) is 9.80 Å². The summed E-state index contributed by atoms with van der Waals surface area (Å²) in [7, 11) is 0. The van der Waals surface area contributed by atoms with E-state index in [9.17, 15) is 4.79 Å². The SMILES string of the molecule is CC[C@@H](C)N1CCC[C@]2(CCC(=O)N2Cc2ccccc2)CC1. The first kappa shape index (κ1) is 16.5. The molecule has 1 amide bonds. The standard InChI is InChI=1S/C20H30N2O/c1-3-17(2)21-14-7-11-20(13-15-21)12-10-19(23)22(20)16-18-8-5-4-6-9-18/h4-6,8-9,17H,3,7,10-16H2,1-2H3/t17-,20+/m1/s1. The Morgan fingerprint density at radius 1 is 1.13 bits per heavy atom. The zero-order valence-electron chi connectivity index (χ0n) is 14.6. The summed E-state index contributed by atoms with van der Waals surface area (Å²) in [5.41, 5.74) is 1.36. The molecular formula is C20H30N2O. The van der Waals surface area contributed by atoms with Crippen LogP contribution in [0.2, 0.25) is 0 Å². The number of hydrogen-bond acceptors (Lipinski definition) is 2. The van der Waals surface area contributed by atoms with Gasteiger partial charge < -0.3 is 9.80 Å². The molecule has 0 unspecified atom stereocenters. The summed E-state index contributed by atoms with van der Waals surface area (Å²) in [4.78, 5) is 17.4. The summed E-state index contributed by atoms with van der Waals surface area (Å²) < 4.78 is 0. The molecule has 3 rings (SSSR count). The molecule has 0 N–H and O–H groups in total. The third-order valence-corrected chi connectivity index (χ3v) is 6.03. The molecule has 1 aromatic carbocycles. The van der Waals surface area contributed by atoms with Crippen LogP contribution in [0.5, 0.6) is 0 Å². The Kier molecular flexibility index (Phi) is 5.05. The van der Waals surface area contributed by atoms with Gasteiger partial charge in [0.15, 0.2) is 0 Å². The molecule has 2 aliphatic rings. The van der Waals surface area contributed by atoms with Crippen molar-refractivity contribution in [1.29, 1.82) is 0 Å². The van der Waals surface area contributed by atoms with Crippen molar-refractivity contribution in [2.24, 2.45) is 0 Å². The van der Waals surface area contributed by atoms with Gasteiger partial charge in [-0.2, -0.15) is 0 Å². The van der Waals surface area contributed by atoms with Crippen molar-refractivity contribution >= 4 is 5.91 Å². The number of rotatable bonds is 4. The van der Waals surface area contributed by atoms with E-state index < -0.39 is 0 Å². The van der Waals surface area contributed by atoms with Crippen LogP contribution in [0.1, 0.15) is 57.9 Å². The maximum atomic E-state index is 12.5. The lowest BCUT2D eigenvalue weighted by molar-refractivity contribution is -0.132. The van der Waals surface area contributed by atoms with Crippen LogP contribution < -0.4 is 0 Å². The van der Waals surface area contributed by atoms with Crippen LogP contribution in [-0.4, -0.2) is 40.4 Å². The minimum atomic E-state index is 0.106. The number of hydrogen-bond donors (Lipinski definition) is 0. The number of carbonyl (C=O) groups is 1. The second-order valence-corrected chi connectivity index (χ2v) is 7.34. The van der Waals surface area contributed by atoms with Crippen molar-refractivity contribution < 1.29 is 4.79 Å². The van der Waals surface area contributed by atoms with Gasteiger partial charge in [0.25, 0.3) is 0 Å². The second-order valence-electron chi connectivity index (χ2n) is 7.34. The second kappa shape index (κ2) is 7.04. The van der Waals surface area contributed by atoms with E-state index in [0.29, 0.717) is 11.9 Å². The summed E-state index contributed by atoms with van der Waals surface area (Å²) >= 11 is 0. The third-order valence-electron chi connectivity index (χ3n) is 6.03. The van der Waals surface area contributed by atoms with Gasteiger partial charge in [0.2, 0.25) is 5.91 Å². The lowest BCUT2D eigenvalue weighted by Crippen LogP contribution is -2.46. The molecule has 23 heavy (non-hydrogen) atoms. The maximum absolute atomic E-state index is 12.5. The highest BCUT2D eigenvalue weighted by molar-refractivity contribution is 5.79. The van der Waals surface area contributed by atoms with Crippen molar-refractivity contribution in [2.45, 2.75) is 70.5 Å². The zero-order valence-corrected chi connectivity index (χ0v) is 14.6. The molecule has 126 valence electrons. The first-order chi connectivity index (χ1) is 11.1. The average molecular weight is 314 g/mol. The molecule has 0 aliphatic carbocycles. The minimum absolute atomic E-state index is 0.106. The van der Waals surface area contributed by atoms with Gasteiger partial charge in [0.05, 0.1) is 0 Å². The number of nitrogens with zero attached hydrogens (tertiary/aromatic N) is 2. The smallest absolute Gasteiger partial charge is 0.223 e. The van der Waals surface area contributed by atoms with Crippen molar-refractivity contribution in [3.05, 3.63) is 35.9 Å². The summed E-state index contributed by atoms with van der Waals surface area (Å²) in [6.45, 7) is 7.70. The lowest BCUT2D eigenvalue weighted by Gasteiger charge is -2.38. The highest BCUT2D eigenvalue weighted by Gasteiger charge is 2.45. The third kappa shape index (κ3) is 3.45. The number of benzene rings is 1. The molecule has 0 bridgehead atoms. The van der Waals surface area contributed by atoms with Gasteiger partial charge in [0, 0.05) is 31.1 Å². The first-order valence-corrected chi connectivity index (χ1v) is 9.23. The first-order valence-electron chi connectivity index (χ1n) is 9.23. The monoisotopic (exact) mass is 314 g/mol. The Balaban J connectivity index is 1.75. The van der Waals surface area contributed by atoms with Crippen LogP contribution in [0, 0.1) is 0 Å². The van der Waals surface area contributed by atoms with Crippen LogP contribution in [0.4, 0.5) is 0 Å². The van der Waals surface area contributed by atoms with Gasteiger partial charge in [-0.15, -0.1) is 0 Å². The van der Waals surface area contributed by atoms with E-state index in [-0.39, 0.29) is 5.54 Å². The fraction of sp³-hybridized carbons (Fsp3) is 0.650. The van der Waals surface area contributed by atoms with E-state index in [1.807, 2.05) is 6.07 Å². The van der Waals surface area contributed by atoms with Crippen LogP contribution in [0.15, 0.2) is 30.3 Å². The molecule has 1 spiro atoms. The molecule has 0 saturated carbocycles. The van der Waals surface area contributed by atoms with Crippen LogP contribution >= 0.6 is 0 Å². The molecule has 2 atom stereocenters. The summed E-state index contributed by atoms with van der Waals surface area (Å²) in [5, 5.41) is 0. The molecule has 1 aromatic rings. The molecule has 3 heteroatoms. The number of carbonyl (C=O) groups excluding carboxylic acids is 1. The van der Waals surface area contributed by atoms with Gasteiger partial charge in [0.1, 0.15) is 0 Å². The normalized spacial score (nSPS) is 27.4. The summed E-state index contributed by atoms with van der Waals surface area (Å²) in [5.74, 6) is 0.353. The topological polar surface area (TPSA) is 23.6 Å². The zero-order chi connectivity index (χ0) is 16.3. The average Bonchev–Trinajstić information content (AvgIpc) is 2.77. The molecule has 2 aliphatic heterocycles. The van der Waals surface area contributed by atoms with E-state index in [0.717, 1.165) is 32.4 Å². The van der Waals surface area contributed by atoms with E-state index >= 15 is 0 Å². The molecule has 0 radical (unpaired) electrons. The van der Waals surface area contributed by atoms with E-state index in [1.54, 1.807) is 0 Å². The van der Waals surface area contributed by atoms with Gasteiger partial charge in [-0.25, -0.2) is 0 Å². The molecular weight excluding hydrogens is 284 g/mol. The Morgan fingerprint density at radius 3 is 2.65 bits per heavy atom. The van der Waals surface area contributed by atoms with Gasteiger partial charge in [-0.1, -0.05) is 37.3 Å². The van der Waals surface area contributed by atoms with Gasteiger partial charge >= 0.3 is 0 Å². The maximum Gasteiger partial charge on any atom is 0.223 e. The highest BCUT2D eigenvalue weighted by Crippen LogP contribution is 2.40. The van der Waals surface area contributed by atoms with Crippen LogP contribution in [-0.2, 0) is 11.3 Å². The van der Waals surface area contributed by atoms with Gasteiger partial charge in [-0.3, -0.25) is 4.79 Å². The molecule has 0 aromatic heterocycles. The Bertz CT molecular complexity index is 530. The quantitative estimate of drug-likeness (QED) is 0.843. The predicted octanol–water partition coefficient (Wildman–Crippen LogP) is 3.83. The number of likely N-dealkylation sites (tertiary alicyclic amines) is 2. The van der Waals surface area contributed by atoms with Crippen molar-refractivity contribution in [2.75, 3.05) is 13.1 Å². The Labute approximate surface area is 140 Å².